The lowest BCUT2D eigenvalue weighted by Crippen LogP contribution is -2.24. The van der Waals surface area contributed by atoms with E-state index in [0.29, 0.717) is 11.3 Å². The molecule has 2 atom stereocenters. The normalized spacial score (nSPS) is 14.5. The van der Waals surface area contributed by atoms with Gasteiger partial charge in [0.1, 0.15) is 5.25 Å². The van der Waals surface area contributed by atoms with Gasteiger partial charge in [0.05, 0.1) is 10.8 Å². The van der Waals surface area contributed by atoms with E-state index >= 15 is 0 Å². The van der Waals surface area contributed by atoms with E-state index in [1.165, 1.54) is 0 Å². The first-order valence-corrected chi connectivity index (χ1v) is 5.97. The van der Waals surface area contributed by atoms with E-state index in [4.69, 9.17) is 5.11 Å². The minimum Gasteiger partial charge on any atom is -0.480 e. The van der Waals surface area contributed by atoms with E-state index in [1.807, 2.05) is 19.1 Å². The molecule has 1 aromatic carbocycles. The Morgan fingerprint density at radius 2 is 1.93 bits per heavy atom. The van der Waals surface area contributed by atoms with Crippen LogP contribution in [-0.2, 0) is 15.6 Å². The highest BCUT2D eigenvalue weighted by molar-refractivity contribution is 7.86. The fraction of sp³-hybridized carbons (Fsp3) is 0.364. The zero-order valence-corrected chi connectivity index (χ0v) is 9.58. The summed E-state index contributed by atoms with van der Waals surface area (Å²) < 4.78 is 11.9. The molecule has 0 amide bonds. The lowest BCUT2D eigenvalue weighted by molar-refractivity contribution is -0.136. The van der Waals surface area contributed by atoms with Crippen molar-refractivity contribution in [3.63, 3.8) is 0 Å². The second kappa shape index (κ2) is 5.07. The fourth-order valence-electron chi connectivity index (χ4n) is 1.25. The van der Waals surface area contributed by atoms with Crippen molar-refractivity contribution in [3.8, 4) is 0 Å². The van der Waals surface area contributed by atoms with Gasteiger partial charge in [0.15, 0.2) is 0 Å². The van der Waals surface area contributed by atoms with Crippen LogP contribution in [0.4, 0.5) is 0 Å². The number of hydrogen-bond donors (Lipinski definition) is 1. The minimum atomic E-state index is -1.46. The highest BCUT2D eigenvalue weighted by Crippen LogP contribution is 2.14. The summed E-state index contributed by atoms with van der Waals surface area (Å²) in [6.45, 7) is 3.66. The summed E-state index contributed by atoms with van der Waals surface area (Å²) in [6.07, 6.45) is 0.371. The zero-order valence-electron chi connectivity index (χ0n) is 8.77. The van der Waals surface area contributed by atoms with Crippen molar-refractivity contribution in [2.45, 2.75) is 30.4 Å². The first kappa shape index (κ1) is 11.9. The van der Waals surface area contributed by atoms with Crippen molar-refractivity contribution in [3.05, 3.63) is 29.8 Å². The van der Waals surface area contributed by atoms with Crippen molar-refractivity contribution in [1.29, 1.82) is 0 Å². The molecule has 82 valence electrons. The molecule has 4 heteroatoms. The molecule has 0 aliphatic rings. The van der Waals surface area contributed by atoms with Crippen LogP contribution in [-0.4, -0.2) is 20.5 Å². The smallest absolute Gasteiger partial charge is 0.319 e. The molecule has 0 fully saturated rings. The van der Waals surface area contributed by atoms with Crippen LogP contribution < -0.4 is 0 Å². The van der Waals surface area contributed by atoms with E-state index in [0.717, 1.165) is 5.56 Å². The van der Waals surface area contributed by atoms with Crippen LogP contribution in [0.3, 0.4) is 0 Å². The SMILES string of the molecule is CC[C@H](C(=O)O)[S@@](=O)c1ccc(C)cc1. The molecule has 0 aliphatic heterocycles. The Balaban J connectivity index is 2.93. The quantitative estimate of drug-likeness (QED) is 0.854. The lowest BCUT2D eigenvalue weighted by Gasteiger charge is -2.09. The highest BCUT2D eigenvalue weighted by atomic mass is 32.2. The van der Waals surface area contributed by atoms with Gasteiger partial charge in [0.2, 0.25) is 0 Å². The Morgan fingerprint density at radius 1 is 1.40 bits per heavy atom. The molecule has 3 nitrogen and oxygen atoms in total. The number of aryl methyl sites for hydroxylation is 1. The predicted molar refractivity (Wildman–Crippen MR) is 59.3 cm³/mol. The van der Waals surface area contributed by atoms with E-state index in [1.54, 1.807) is 19.1 Å². The minimum absolute atomic E-state index is 0.371. The third-order valence-corrected chi connectivity index (χ3v) is 3.95. The molecule has 1 rings (SSSR count). The average Bonchev–Trinajstić information content (AvgIpc) is 2.19. The molecule has 0 radical (unpaired) electrons. The van der Waals surface area contributed by atoms with Crippen LogP contribution in [0.2, 0.25) is 0 Å². The largest absolute Gasteiger partial charge is 0.480 e. The van der Waals surface area contributed by atoms with Crippen molar-refractivity contribution in [1.82, 2.24) is 0 Å². The third-order valence-electron chi connectivity index (χ3n) is 2.16. The van der Waals surface area contributed by atoms with Gasteiger partial charge in [0.25, 0.3) is 0 Å². The highest BCUT2D eigenvalue weighted by Gasteiger charge is 2.23. The maximum absolute atomic E-state index is 11.9. The Morgan fingerprint density at radius 3 is 2.33 bits per heavy atom. The van der Waals surface area contributed by atoms with Gasteiger partial charge in [-0.1, -0.05) is 24.6 Å². The maximum Gasteiger partial charge on any atom is 0.319 e. The number of aliphatic carboxylic acids is 1. The summed E-state index contributed by atoms with van der Waals surface area (Å²) in [4.78, 5) is 11.4. The number of hydrogen-bond acceptors (Lipinski definition) is 2. The molecule has 0 spiro atoms. The Kier molecular flexibility index (Phi) is 4.03. The monoisotopic (exact) mass is 226 g/mol. The maximum atomic E-state index is 11.9. The van der Waals surface area contributed by atoms with Gasteiger partial charge in [-0.15, -0.1) is 0 Å². The summed E-state index contributed by atoms with van der Waals surface area (Å²) in [7, 11) is -1.46. The summed E-state index contributed by atoms with van der Waals surface area (Å²) in [5.74, 6) is -1.00. The molecule has 0 saturated heterocycles. The molecule has 1 aromatic rings. The van der Waals surface area contributed by atoms with E-state index in [-0.39, 0.29) is 0 Å². The van der Waals surface area contributed by atoms with Crippen LogP contribution >= 0.6 is 0 Å². The molecule has 0 saturated carbocycles. The summed E-state index contributed by atoms with van der Waals surface area (Å²) in [5.41, 5.74) is 1.07. The predicted octanol–water partition coefficient (Wildman–Crippen LogP) is 1.97. The molecular weight excluding hydrogens is 212 g/mol. The summed E-state index contributed by atoms with van der Waals surface area (Å²) >= 11 is 0. The van der Waals surface area contributed by atoms with E-state index < -0.39 is 22.0 Å². The first-order valence-electron chi connectivity index (χ1n) is 4.76. The number of rotatable bonds is 4. The van der Waals surface area contributed by atoms with Crippen LogP contribution in [0.5, 0.6) is 0 Å². The molecule has 0 unspecified atom stereocenters. The average molecular weight is 226 g/mol. The third kappa shape index (κ3) is 2.89. The molecular formula is C11H14O3S. The van der Waals surface area contributed by atoms with Gasteiger partial charge in [0, 0.05) is 4.90 Å². The zero-order chi connectivity index (χ0) is 11.4. The molecule has 0 aliphatic carbocycles. The van der Waals surface area contributed by atoms with Crippen molar-refractivity contribution in [2.24, 2.45) is 0 Å². The second-order valence-electron chi connectivity index (χ2n) is 3.35. The summed E-state index contributed by atoms with van der Waals surface area (Å²) in [6, 6.07) is 7.11. The first-order chi connectivity index (χ1) is 7.06. The molecule has 0 aromatic heterocycles. The molecule has 1 N–H and O–H groups in total. The topological polar surface area (TPSA) is 54.4 Å². The van der Waals surface area contributed by atoms with E-state index in [9.17, 15) is 9.00 Å². The Labute approximate surface area is 91.6 Å². The Bertz CT molecular complexity index is 370. The van der Waals surface area contributed by atoms with Gasteiger partial charge >= 0.3 is 5.97 Å². The van der Waals surface area contributed by atoms with Crippen LogP contribution in [0, 0.1) is 6.92 Å². The number of benzene rings is 1. The van der Waals surface area contributed by atoms with Crippen molar-refractivity contribution >= 4 is 16.8 Å². The van der Waals surface area contributed by atoms with Crippen LogP contribution in [0.25, 0.3) is 0 Å². The fourth-order valence-corrected chi connectivity index (χ4v) is 2.47. The second-order valence-corrected chi connectivity index (χ2v) is 4.98. The Hall–Kier alpha value is -1.16. The lowest BCUT2D eigenvalue weighted by atomic mass is 10.2. The van der Waals surface area contributed by atoms with E-state index in [2.05, 4.69) is 0 Å². The standard InChI is InChI=1S/C11H14O3S/c1-3-10(11(12)13)15(14)9-6-4-8(2)5-7-9/h4-7,10H,3H2,1-2H3,(H,12,13)/t10-,15+/m1/s1. The van der Waals surface area contributed by atoms with Gasteiger partial charge in [-0.2, -0.15) is 0 Å². The molecule has 15 heavy (non-hydrogen) atoms. The van der Waals surface area contributed by atoms with Crippen molar-refractivity contribution in [2.75, 3.05) is 0 Å². The van der Waals surface area contributed by atoms with Crippen molar-refractivity contribution < 1.29 is 14.1 Å². The summed E-state index contributed by atoms with van der Waals surface area (Å²) in [5, 5.41) is 8.05. The number of carboxylic acids is 1. The molecule has 0 heterocycles. The van der Waals surface area contributed by atoms with Gasteiger partial charge in [-0.05, 0) is 25.5 Å². The van der Waals surface area contributed by atoms with Gasteiger partial charge in [-0.25, -0.2) is 0 Å². The molecule has 0 bridgehead atoms. The van der Waals surface area contributed by atoms with Gasteiger partial charge in [-0.3, -0.25) is 9.00 Å². The van der Waals surface area contributed by atoms with Crippen LogP contribution in [0.15, 0.2) is 29.2 Å². The number of carbonyl (C=O) groups is 1. The van der Waals surface area contributed by atoms with Crippen LogP contribution in [0.1, 0.15) is 18.9 Å². The number of carboxylic acid groups (broad SMARTS) is 1. The van der Waals surface area contributed by atoms with Gasteiger partial charge < -0.3 is 5.11 Å².